The maximum Gasteiger partial charge on any atom is 0.226 e. The van der Waals surface area contributed by atoms with Crippen molar-refractivity contribution in [2.45, 2.75) is 51.4 Å². The van der Waals surface area contributed by atoms with E-state index in [1.54, 1.807) is 7.11 Å². The van der Waals surface area contributed by atoms with Crippen LogP contribution in [-0.2, 0) is 16.0 Å². The van der Waals surface area contributed by atoms with E-state index in [4.69, 9.17) is 4.74 Å². The second-order valence-corrected chi connectivity index (χ2v) is 8.51. The first kappa shape index (κ1) is 19.0. The van der Waals surface area contributed by atoms with Crippen molar-refractivity contribution in [1.29, 1.82) is 0 Å². The summed E-state index contributed by atoms with van der Waals surface area (Å²) in [6, 6.07) is 7.64. The number of fused-ring (bicyclic) bond motifs is 1. The summed E-state index contributed by atoms with van der Waals surface area (Å²) in [6.45, 7) is 1.49. The van der Waals surface area contributed by atoms with Gasteiger partial charge in [-0.25, -0.2) is 0 Å². The minimum Gasteiger partial charge on any atom is -0.497 e. The van der Waals surface area contributed by atoms with Gasteiger partial charge in [-0.1, -0.05) is 18.2 Å². The number of methoxy groups -OCH3 is 1. The number of amides is 2. The number of rotatable bonds is 7. The standard InChI is InChI=1S/C23H30N2O3/c1-28-19-6-4-5-18(13-19)14-21(26)24-16-23-11-3-2-7-20(23)25(15-17-8-9-17)22(27)10-12-23/h4-7,13,17H,2-3,8-12,14-16H2,1H3,(H,24,26). The quantitative estimate of drug-likeness (QED) is 0.786. The highest BCUT2D eigenvalue weighted by Gasteiger charge is 2.45. The van der Waals surface area contributed by atoms with E-state index in [9.17, 15) is 9.59 Å². The van der Waals surface area contributed by atoms with Gasteiger partial charge in [0.15, 0.2) is 0 Å². The van der Waals surface area contributed by atoms with Crippen molar-refractivity contribution in [3.8, 4) is 5.75 Å². The van der Waals surface area contributed by atoms with Gasteiger partial charge in [0.1, 0.15) is 5.75 Å². The smallest absolute Gasteiger partial charge is 0.226 e. The Morgan fingerprint density at radius 3 is 2.96 bits per heavy atom. The van der Waals surface area contributed by atoms with Gasteiger partial charge >= 0.3 is 0 Å². The van der Waals surface area contributed by atoms with E-state index < -0.39 is 0 Å². The number of likely N-dealkylation sites (tertiary alicyclic amines) is 1. The van der Waals surface area contributed by atoms with Crippen LogP contribution in [0.25, 0.3) is 0 Å². The molecule has 1 unspecified atom stereocenters. The summed E-state index contributed by atoms with van der Waals surface area (Å²) in [5, 5.41) is 3.17. The number of hydrogen-bond donors (Lipinski definition) is 1. The van der Waals surface area contributed by atoms with Gasteiger partial charge in [0.05, 0.1) is 13.5 Å². The molecule has 3 aliphatic rings. The number of carbonyl (C=O) groups is 2. The Morgan fingerprint density at radius 2 is 2.18 bits per heavy atom. The highest BCUT2D eigenvalue weighted by molar-refractivity contribution is 5.81. The number of hydrogen-bond acceptors (Lipinski definition) is 3. The van der Waals surface area contributed by atoms with Gasteiger partial charge in [0.25, 0.3) is 0 Å². The number of nitrogens with zero attached hydrogens (tertiary/aromatic N) is 1. The van der Waals surface area contributed by atoms with Gasteiger partial charge in [-0.05, 0) is 62.1 Å². The molecule has 5 heteroatoms. The molecule has 0 aromatic heterocycles. The Kier molecular flexibility index (Phi) is 5.42. The molecule has 1 saturated carbocycles. The predicted octanol–water partition coefficient (Wildman–Crippen LogP) is 3.44. The zero-order valence-corrected chi connectivity index (χ0v) is 16.7. The molecule has 0 bridgehead atoms. The van der Waals surface area contributed by atoms with Gasteiger partial charge in [-0.3, -0.25) is 9.59 Å². The largest absolute Gasteiger partial charge is 0.497 e. The lowest BCUT2D eigenvalue weighted by Gasteiger charge is -2.47. The molecule has 1 aliphatic heterocycles. The first-order chi connectivity index (χ1) is 13.6. The van der Waals surface area contributed by atoms with Crippen molar-refractivity contribution in [2.75, 3.05) is 20.2 Å². The van der Waals surface area contributed by atoms with Gasteiger partial charge < -0.3 is 15.0 Å². The average molecular weight is 383 g/mol. The molecular formula is C23H30N2O3. The first-order valence-electron chi connectivity index (χ1n) is 10.5. The molecule has 1 atom stereocenters. The van der Waals surface area contributed by atoms with Crippen LogP contribution in [0, 0.1) is 11.3 Å². The molecule has 1 heterocycles. The predicted molar refractivity (Wildman–Crippen MR) is 108 cm³/mol. The normalized spacial score (nSPS) is 24.4. The molecule has 28 heavy (non-hydrogen) atoms. The molecule has 1 saturated heterocycles. The number of ether oxygens (including phenoxy) is 1. The van der Waals surface area contributed by atoms with Gasteiger partial charge in [-0.15, -0.1) is 0 Å². The van der Waals surface area contributed by atoms with Crippen molar-refractivity contribution < 1.29 is 14.3 Å². The number of allylic oxidation sites excluding steroid dienone is 1. The van der Waals surface area contributed by atoms with Crippen LogP contribution in [-0.4, -0.2) is 36.9 Å². The van der Waals surface area contributed by atoms with Crippen molar-refractivity contribution in [3.05, 3.63) is 41.6 Å². The lowest BCUT2D eigenvalue weighted by molar-refractivity contribution is -0.134. The number of carbonyl (C=O) groups excluding carboxylic acids is 2. The van der Waals surface area contributed by atoms with Gasteiger partial charge in [0, 0.05) is 30.6 Å². The van der Waals surface area contributed by atoms with E-state index in [-0.39, 0.29) is 17.2 Å². The van der Waals surface area contributed by atoms with Crippen molar-refractivity contribution in [3.63, 3.8) is 0 Å². The molecule has 1 aromatic rings. The van der Waals surface area contributed by atoms with Crippen LogP contribution in [0.2, 0.25) is 0 Å². The van der Waals surface area contributed by atoms with Crippen LogP contribution in [0.3, 0.4) is 0 Å². The molecule has 2 aliphatic carbocycles. The van der Waals surface area contributed by atoms with Crippen molar-refractivity contribution >= 4 is 11.8 Å². The number of nitrogens with one attached hydrogen (secondary N) is 1. The van der Waals surface area contributed by atoms with E-state index in [1.165, 1.54) is 18.5 Å². The molecule has 4 rings (SSSR count). The molecule has 5 nitrogen and oxygen atoms in total. The van der Waals surface area contributed by atoms with Crippen molar-refractivity contribution in [2.24, 2.45) is 11.3 Å². The fraction of sp³-hybridized carbons (Fsp3) is 0.565. The van der Waals surface area contributed by atoms with Crippen LogP contribution in [0.1, 0.15) is 50.5 Å². The van der Waals surface area contributed by atoms with Gasteiger partial charge in [-0.2, -0.15) is 0 Å². The van der Waals surface area contributed by atoms with Crippen molar-refractivity contribution in [1.82, 2.24) is 10.2 Å². The molecule has 2 amide bonds. The van der Waals surface area contributed by atoms with Crippen LogP contribution in [0.4, 0.5) is 0 Å². The highest BCUT2D eigenvalue weighted by Crippen LogP contribution is 2.47. The highest BCUT2D eigenvalue weighted by atomic mass is 16.5. The zero-order valence-electron chi connectivity index (χ0n) is 16.7. The lowest BCUT2D eigenvalue weighted by Crippen LogP contribution is -2.51. The monoisotopic (exact) mass is 382 g/mol. The summed E-state index contributed by atoms with van der Waals surface area (Å²) in [6.07, 6.45) is 9.72. The Bertz CT molecular complexity index is 784. The topological polar surface area (TPSA) is 58.6 Å². The maximum atomic E-state index is 12.6. The first-order valence-corrected chi connectivity index (χ1v) is 10.5. The van der Waals surface area contributed by atoms with E-state index >= 15 is 0 Å². The van der Waals surface area contributed by atoms with E-state index in [0.29, 0.717) is 25.3 Å². The summed E-state index contributed by atoms with van der Waals surface area (Å²) >= 11 is 0. The van der Waals surface area contributed by atoms with Crippen LogP contribution >= 0.6 is 0 Å². The van der Waals surface area contributed by atoms with E-state index in [0.717, 1.165) is 43.5 Å². The van der Waals surface area contributed by atoms with Gasteiger partial charge in [0.2, 0.25) is 11.8 Å². The summed E-state index contributed by atoms with van der Waals surface area (Å²) in [5.41, 5.74) is 2.05. The van der Waals surface area contributed by atoms with E-state index in [2.05, 4.69) is 16.3 Å². The Labute approximate surface area is 167 Å². The molecule has 150 valence electrons. The van der Waals surface area contributed by atoms with Crippen LogP contribution in [0.5, 0.6) is 5.75 Å². The minimum absolute atomic E-state index is 0.0261. The molecule has 2 fully saturated rings. The van der Waals surface area contributed by atoms with E-state index in [1.807, 2.05) is 24.3 Å². The molecule has 1 aromatic carbocycles. The Balaban J connectivity index is 1.43. The summed E-state index contributed by atoms with van der Waals surface area (Å²) in [5.74, 6) is 1.73. The third-order valence-corrected chi connectivity index (χ3v) is 6.41. The molecular weight excluding hydrogens is 352 g/mol. The second kappa shape index (κ2) is 7.98. The zero-order chi connectivity index (χ0) is 19.6. The van der Waals surface area contributed by atoms with Crippen LogP contribution < -0.4 is 10.1 Å². The SMILES string of the molecule is COc1cccc(CC(=O)NCC23CCCC=C2N(CC2CC2)C(=O)CC3)c1. The fourth-order valence-corrected chi connectivity index (χ4v) is 4.61. The summed E-state index contributed by atoms with van der Waals surface area (Å²) in [7, 11) is 1.63. The molecule has 0 radical (unpaired) electrons. The number of benzene rings is 1. The third-order valence-electron chi connectivity index (χ3n) is 6.41. The Hall–Kier alpha value is -2.30. The lowest BCUT2D eigenvalue weighted by atomic mass is 9.69. The summed E-state index contributed by atoms with van der Waals surface area (Å²) < 4.78 is 5.24. The Morgan fingerprint density at radius 1 is 1.32 bits per heavy atom. The summed E-state index contributed by atoms with van der Waals surface area (Å²) in [4.78, 5) is 27.2. The average Bonchev–Trinajstić information content (AvgIpc) is 3.53. The molecule has 0 spiro atoms. The minimum atomic E-state index is -0.0783. The second-order valence-electron chi connectivity index (χ2n) is 8.51. The molecule has 1 N–H and O–H groups in total. The third kappa shape index (κ3) is 4.08. The van der Waals surface area contributed by atoms with Crippen LogP contribution in [0.15, 0.2) is 36.0 Å². The maximum absolute atomic E-state index is 12.6. The fourth-order valence-electron chi connectivity index (χ4n) is 4.61. The number of piperidine rings is 1.